The Balaban J connectivity index is 1.76. The number of carbonyl (C=O) groups is 2. The predicted molar refractivity (Wildman–Crippen MR) is 139 cm³/mol. The van der Waals surface area contributed by atoms with Crippen molar-refractivity contribution < 1.29 is 22.7 Å². The highest BCUT2D eigenvalue weighted by Gasteiger charge is 2.34. The monoisotopic (exact) mass is 499 g/mol. The molecular weight excluding hydrogens is 474 g/mol. The Kier molecular flexibility index (Phi) is 7.03. The lowest BCUT2D eigenvalue weighted by atomic mass is 10.1. The highest BCUT2D eigenvalue weighted by molar-refractivity contribution is 7.93. The van der Waals surface area contributed by atoms with Gasteiger partial charge >= 0.3 is 5.97 Å². The van der Waals surface area contributed by atoms with E-state index in [4.69, 9.17) is 4.74 Å². The van der Waals surface area contributed by atoms with Gasteiger partial charge in [0.05, 0.1) is 16.1 Å². The Morgan fingerprint density at radius 2 is 1.19 bits per heavy atom. The minimum atomic E-state index is -4.28. The summed E-state index contributed by atoms with van der Waals surface area (Å²) in [7, 11) is -4.28. The van der Waals surface area contributed by atoms with Crippen molar-refractivity contribution in [3.8, 4) is 5.75 Å². The molecule has 182 valence electrons. The van der Waals surface area contributed by atoms with E-state index < -0.39 is 21.9 Å². The van der Waals surface area contributed by atoms with E-state index in [1.807, 2.05) is 6.92 Å². The molecule has 7 heteroatoms. The van der Waals surface area contributed by atoms with E-state index in [2.05, 4.69) is 0 Å². The number of benzene rings is 4. The molecule has 0 unspecified atom stereocenters. The summed E-state index contributed by atoms with van der Waals surface area (Å²) in [6.45, 7) is 5.31. The molecule has 0 aromatic heterocycles. The van der Waals surface area contributed by atoms with Gasteiger partial charge in [0.2, 0.25) is 0 Å². The zero-order chi connectivity index (χ0) is 25.9. The number of hydrogen-bond donors (Lipinski definition) is 0. The van der Waals surface area contributed by atoms with Crippen molar-refractivity contribution in [2.45, 2.75) is 25.7 Å². The highest BCUT2D eigenvalue weighted by Crippen LogP contribution is 2.31. The number of esters is 1. The van der Waals surface area contributed by atoms with Gasteiger partial charge in [0.15, 0.2) is 0 Å². The molecule has 0 aliphatic rings. The maximum atomic E-state index is 14.0. The van der Waals surface area contributed by atoms with Gasteiger partial charge in [-0.05, 0) is 80.4 Å². The third-order valence-corrected chi connectivity index (χ3v) is 7.62. The second kappa shape index (κ2) is 10.2. The lowest BCUT2D eigenvalue weighted by Crippen LogP contribution is -2.37. The number of amides is 1. The Hall–Kier alpha value is -4.23. The first-order chi connectivity index (χ1) is 17.2. The molecule has 0 aliphatic carbocycles. The fraction of sp³-hybridized carbons (Fsp3) is 0.103. The molecule has 36 heavy (non-hydrogen) atoms. The van der Waals surface area contributed by atoms with Crippen LogP contribution in [0.5, 0.6) is 5.75 Å². The Morgan fingerprint density at radius 3 is 1.72 bits per heavy atom. The average molecular weight is 500 g/mol. The smallest absolute Gasteiger partial charge is 0.343 e. The summed E-state index contributed by atoms with van der Waals surface area (Å²) in [6.07, 6.45) is 0. The molecule has 0 fully saturated rings. The summed E-state index contributed by atoms with van der Waals surface area (Å²) in [5, 5.41) is 0. The first-order valence-corrected chi connectivity index (χ1v) is 12.7. The van der Waals surface area contributed by atoms with Crippen LogP contribution >= 0.6 is 0 Å². The first-order valence-electron chi connectivity index (χ1n) is 11.3. The van der Waals surface area contributed by atoms with Gasteiger partial charge in [-0.25, -0.2) is 13.2 Å². The van der Waals surface area contributed by atoms with E-state index in [9.17, 15) is 18.0 Å². The third-order valence-electron chi connectivity index (χ3n) is 5.60. The molecule has 4 aromatic carbocycles. The van der Waals surface area contributed by atoms with Gasteiger partial charge in [-0.1, -0.05) is 54.1 Å². The lowest BCUT2D eigenvalue weighted by Gasteiger charge is -2.25. The minimum Gasteiger partial charge on any atom is -0.423 e. The lowest BCUT2D eigenvalue weighted by molar-refractivity contribution is 0.0734. The molecule has 0 radical (unpaired) electrons. The number of nitrogens with zero attached hydrogens (tertiary/aromatic N) is 1. The van der Waals surface area contributed by atoms with Gasteiger partial charge in [-0.15, -0.1) is 0 Å². The van der Waals surface area contributed by atoms with Gasteiger partial charge in [-0.3, -0.25) is 4.79 Å². The van der Waals surface area contributed by atoms with Crippen LogP contribution in [0.2, 0.25) is 0 Å². The fourth-order valence-electron chi connectivity index (χ4n) is 4.12. The zero-order valence-electron chi connectivity index (χ0n) is 20.1. The van der Waals surface area contributed by atoms with Gasteiger partial charge in [0.1, 0.15) is 5.75 Å². The topological polar surface area (TPSA) is 80.8 Å². The number of ether oxygens (including phenoxy) is 1. The molecule has 0 aliphatic heterocycles. The van der Waals surface area contributed by atoms with Crippen LogP contribution in [0.25, 0.3) is 0 Å². The maximum Gasteiger partial charge on any atom is 0.343 e. The number of carbonyl (C=O) groups excluding carboxylic acids is 2. The largest absolute Gasteiger partial charge is 0.423 e. The van der Waals surface area contributed by atoms with Crippen molar-refractivity contribution in [1.82, 2.24) is 0 Å². The number of anilines is 1. The summed E-state index contributed by atoms with van der Waals surface area (Å²) in [5.74, 6) is -1.01. The van der Waals surface area contributed by atoms with Crippen molar-refractivity contribution >= 4 is 27.6 Å². The molecule has 0 saturated heterocycles. The molecule has 0 N–H and O–H groups in total. The molecule has 0 bridgehead atoms. The molecule has 1 amide bonds. The van der Waals surface area contributed by atoms with Gasteiger partial charge in [0.25, 0.3) is 15.9 Å². The van der Waals surface area contributed by atoms with Crippen LogP contribution < -0.4 is 9.04 Å². The summed E-state index contributed by atoms with van der Waals surface area (Å²) in [4.78, 5) is 26.0. The maximum absolute atomic E-state index is 14.0. The molecule has 0 atom stereocenters. The van der Waals surface area contributed by atoms with Crippen LogP contribution in [0, 0.1) is 20.8 Å². The van der Waals surface area contributed by atoms with Crippen LogP contribution in [-0.4, -0.2) is 20.3 Å². The summed E-state index contributed by atoms with van der Waals surface area (Å²) >= 11 is 0. The highest BCUT2D eigenvalue weighted by atomic mass is 32.2. The summed E-state index contributed by atoms with van der Waals surface area (Å²) in [5.41, 5.74) is 2.76. The van der Waals surface area contributed by atoms with E-state index in [1.54, 1.807) is 86.6 Å². The van der Waals surface area contributed by atoms with Crippen LogP contribution in [0.1, 0.15) is 37.4 Å². The van der Waals surface area contributed by atoms with Crippen molar-refractivity contribution in [2.24, 2.45) is 0 Å². The second-order valence-electron chi connectivity index (χ2n) is 8.42. The van der Waals surface area contributed by atoms with E-state index in [0.29, 0.717) is 16.7 Å². The van der Waals surface area contributed by atoms with Crippen LogP contribution in [0.4, 0.5) is 5.69 Å². The van der Waals surface area contributed by atoms with E-state index >= 15 is 0 Å². The minimum absolute atomic E-state index is 0.0805. The summed E-state index contributed by atoms with van der Waals surface area (Å²) in [6, 6.07) is 26.1. The third kappa shape index (κ3) is 5.06. The standard InChI is InChI=1S/C29H25NO5S/c1-20-18-21(2)27(22(3)19-20)36(33,34)30(28(31)23-10-6-4-7-11-23)25-14-16-26(17-15-25)35-29(32)24-12-8-5-9-13-24/h4-19H,1-3H3. The van der Waals surface area contributed by atoms with Crippen LogP contribution in [0.15, 0.2) is 102 Å². The van der Waals surface area contributed by atoms with Gasteiger partial charge in [0, 0.05) is 5.56 Å². The quantitative estimate of drug-likeness (QED) is 0.245. The normalized spacial score (nSPS) is 11.1. The van der Waals surface area contributed by atoms with E-state index in [0.717, 1.165) is 9.87 Å². The first kappa shape index (κ1) is 24.9. The molecule has 0 spiro atoms. The number of rotatable bonds is 6. The Labute approximate surface area is 210 Å². The van der Waals surface area contributed by atoms with Gasteiger partial charge < -0.3 is 4.74 Å². The van der Waals surface area contributed by atoms with Crippen molar-refractivity contribution in [1.29, 1.82) is 0 Å². The Bertz CT molecular complexity index is 1490. The number of aryl methyl sites for hydroxylation is 3. The van der Waals surface area contributed by atoms with Crippen LogP contribution in [0.3, 0.4) is 0 Å². The molecular formula is C29H25NO5S. The second-order valence-corrected chi connectivity index (χ2v) is 10.1. The number of hydrogen-bond acceptors (Lipinski definition) is 5. The molecule has 6 nitrogen and oxygen atoms in total. The molecule has 4 aromatic rings. The van der Waals surface area contributed by atoms with Crippen molar-refractivity contribution in [3.05, 3.63) is 125 Å². The SMILES string of the molecule is Cc1cc(C)c(S(=O)(=O)N(C(=O)c2ccccc2)c2ccc(OC(=O)c3ccccc3)cc2)c(C)c1. The molecule has 0 heterocycles. The average Bonchev–Trinajstić information content (AvgIpc) is 2.85. The van der Waals surface area contributed by atoms with E-state index in [1.165, 1.54) is 24.3 Å². The van der Waals surface area contributed by atoms with Crippen molar-refractivity contribution in [2.75, 3.05) is 4.31 Å². The number of sulfonamides is 1. The van der Waals surface area contributed by atoms with Gasteiger partial charge in [-0.2, -0.15) is 4.31 Å². The molecule has 4 rings (SSSR count). The van der Waals surface area contributed by atoms with Crippen molar-refractivity contribution in [3.63, 3.8) is 0 Å². The fourth-order valence-corrected chi connectivity index (χ4v) is 5.96. The van der Waals surface area contributed by atoms with E-state index in [-0.39, 0.29) is 21.9 Å². The van der Waals surface area contributed by atoms with Crippen LogP contribution in [-0.2, 0) is 10.0 Å². The summed E-state index contributed by atoms with van der Waals surface area (Å²) < 4.78 is 34.1. The molecule has 0 saturated carbocycles. The Morgan fingerprint density at radius 1 is 0.694 bits per heavy atom. The predicted octanol–water partition coefficient (Wildman–Crippen LogP) is 5.87. The zero-order valence-corrected chi connectivity index (χ0v) is 21.0.